The van der Waals surface area contributed by atoms with Gasteiger partial charge in [-0.25, -0.2) is 9.59 Å². The average Bonchev–Trinajstić information content (AvgIpc) is 2.11. The van der Waals surface area contributed by atoms with Crippen LogP contribution in [0, 0.1) is 0 Å². The van der Waals surface area contributed by atoms with Gasteiger partial charge < -0.3 is 9.94 Å². The first-order valence-electron chi connectivity index (χ1n) is 3.48. The fourth-order valence-corrected chi connectivity index (χ4v) is 0.482. The van der Waals surface area contributed by atoms with Gasteiger partial charge in [-0.05, 0) is 13.8 Å². The van der Waals surface area contributed by atoms with Crippen LogP contribution in [-0.2, 0) is 14.4 Å². The quantitative estimate of drug-likeness (QED) is 0.377. The molecule has 0 saturated carbocycles. The van der Waals surface area contributed by atoms with Crippen molar-refractivity contribution in [1.82, 2.24) is 0 Å². The van der Waals surface area contributed by atoms with Gasteiger partial charge >= 0.3 is 11.9 Å². The zero-order chi connectivity index (χ0) is 10.4. The van der Waals surface area contributed by atoms with E-state index in [4.69, 9.17) is 5.11 Å². The maximum atomic E-state index is 10.7. The summed E-state index contributed by atoms with van der Waals surface area (Å²) in [6, 6.07) is 0. The standard InChI is InChI=1S/C8H11NO4/c1-5(7(10)11)3-4-6(2)8(12)13-9/h3-4H,9H2,1-2H3,(H,10,11). The summed E-state index contributed by atoms with van der Waals surface area (Å²) < 4.78 is 0. The molecule has 3 N–H and O–H groups in total. The summed E-state index contributed by atoms with van der Waals surface area (Å²) in [5.41, 5.74) is 0.368. The lowest BCUT2D eigenvalue weighted by atomic mass is 10.2. The van der Waals surface area contributed by atoms with E-state index >= 15 is 0 Å². The number of carboxylic acid groups (broad SMARTS) is 1. The molecular weight excluding hydrogens is 174 g/mol. The van der Waals surface area contributed by atoms with E-state index < -0.39 is 11.9 Å². The molecule has 0 atom stereocenters. The molecule has 72 valence electrons. The minimum atomic E-state index is -1.04. The van der Waals surface area contributed by atoms with Gasteiger partial charge in [0.1, 0.15) is 0 Å². The lowest BCUT2D eigenvalue weighted by molar-refractivity contribution is -0.139. The number of rotatable bonds is 3. The molecule has 0 aliphatic rings. The van der Waals surface area contributed by atoms with Crippen LogP contribution >= 0.6 is 0 Å². The van der Waals surface area contributed by atoms with Crippen molar-refractivity contribution in [1.29, 1.82) is 0 Å². The molecule has 0 unspecified atom stereocenters. The lowest BCUT2D eigenvalue weighted by Gasteiger charge is -1.95. The summed E-state index contributed by atoms with van der Waals surface area (Å²) in [5, 5.41) is 8.45. The van der Waals surface area contributed by atoms with E-state index in [1.165, 1.54) is 26.0 Å². The van der Waals surface area contributed by atoms with Crippen LogP contribution in [0.25, 0.3) is 0 Å². The highest BCUT2D eigenvalue weighted by Gasteiger charge is 2.02. The Morgan fingerprint density at radius 1 is 1.23 bits per heavy atom. The van der Waals surface area contributed by atoms with E-state index in [0.717, 1.165) is 0 Å². The number of carbonyl (C=O) groups excluding carboxylic acids is 1. The number of hydrogen-bond acceptors (Lipinski definition) is 4. The molecule has 0 saturated heterocycles. The minimum Gasteiger partial charge on any atom is -0.478 e. The Hall–Kier alpha value is -1.62. The van der Waals surface area contributed by atoms with Crippen LogP contribution in [-0.4, -0.2) is 17.0 Å². The molecule has 0 amide bonds. The van der Waals surface area contributed by atoms with E-state index in [-0.39, 0.29) is 11.1 Å². The molecule has 13 heavy (non-hydrogen) atoms. The van der Waals surface area contributed by atoms with Crippen molar-refractivity contribution in [3.63, 3.8) is 0 Å². The monoisotopic (exact) mass is 185 g/mol. The van der Waals surface area contributed by atoms with Crippen LogP contribution in [0.15, 0.2) is 23.3 Å². The molecule has 5 nitrogen and oxygen atoms in total. The number of aliphatic carboxylic acids is 1. The Morgan fingerprint density at radius 2 is 1.69 bits per heavy atom. The molecule has 0 aromatic rings. The Bertz CT molecular complexity index is 278. The summed E-state index contributed by atoms with van der Waals surface area (Å²) in [4.78, 5) is 24.9. The Kier molecular flexibility index (Phi) is 4.47. The number of carboxylic acids is 1. The zero-order valence-corrected chi connectivity index (χ0v) is 7.40. The van der Waals surface area contributed by atoms with Gasteiger partial charge in [0.25, 0.3) is 0 Å². The highest BCUT2D eigenvalue weighted by molar-refractivity contribution is 5.89. The van der Waals surface area contributed by atoms with E-state index in [9.17, 15) is 9.59 Å². The topological polar surface area (TPSA) is 89.6 Å². The third kappa shape index (κ3) is 4.07. The summed E-state index contributed by atoms with van der Waals surface area (Å²) in [7, 11) is 0. The molecular formula is C8H11NO4. The number of nitrogens with two attached hydrogens (primary N) is 1. The van der Waals surface area contributed by atoms with Crippen LogP contribution in [0.1, 0.15) is 13.8 Å². The lowest BCUT2D eigenvalue weighted by Crippen LogP contribution is -2.10. The van der Waals surface area contributed by atoms with Crippen molar-refractivity contribution in [2.45, 2.75) is 13.8 Å². The average molecular weight is 185 g/mol. The van der Waals surface area contributed by atoms with Gasteiger partial charge in [-0.3, -0.25) is 0 Å². The minimum absolute atomic E-state index is 0.129. The van der Waals surface area contributed by atoms with Crippen molar-refractivity contribution in [2.24, 2.45) is 5.90 Å². The molecule has 0 rings (SSSR count). The number of allylic oxidation sites excluding steroid dienone is 2. The molecule has 0 radical (unpaired) electrons. The van der Waals surface area contributed by atoms with Crippen LogP contribution in [0.5, 0.6) is 0 Å². The van der Waals surface area contributed by atoms with Gasteiger partial charge in [0.05, 0.1) is 0 Å². The highest BCUT2D eigenvalue weighted by atomic mass is 16.7. The van der Waals surface area contributed by atoms with E-state index in [0.29, 0.717) is 0 Å². The molecule has 0 aromatic carbocycles. The first kappa shape index (κ1) is 11.4. The van der Waals surface area contributed by atoms with E-state index in [1.807, 2.05) is 0 Å². The molecule has 0 fully saturated rings. The highest BCUT2D eigenvalue weighted by Crippen LogP contribution is 1.98. The third-order valence-electron chi connectivity index (χ3n) is 1.35. The molecule has 0 heterocycles. The SMILES string of the molecule is CC(=CC=C(C)C(=O)ON)C(=O)O. The van der Waals surface area contributed by atoms with Crippen LogP contribution in [0.4, 0.5) is 0 Å². The second-order valence-electron chi connectivity index (χ2n) is 2.41. The maximum Gasteiger partial charge on any atom is 0.352 e. The van der Waals surface area contributed by atoms with Crippen molar-refractivity contribution >= 4 is 11.9 Å². The van der Waals surface area contributed by atoms with Gasteiger partial charge in [0.15, 0.2) is 0 Å². The van der Waals surface area contributed by atoms with Crippen LogP contribution in [0.2, 0.25) is 0 Å². The van der Waals surface area contributed by atoms with E-state index in [2.05, 4.69) is 10.7 Å². The summed E-state index contributed by atoms with van der Waals surface area (Å²) in [6.45, 7) is 2.89. The predicted molar refractivity (Wildman–Crippen MR) is 45.4 cm³/mol. The molecule has 0 aliphatic carbocycles. The van der Waals surface area contributed by atoms with Crippen molar-refractivity contribution in [2.75, 3.05) is 0 Å². The fraction of sp³-hybridized carbons (Fsp3) is 0.250. The molecule has 0 aromatic heterocycles. The van der Waals surface area contributed by atoms with Gasteiger partial charge in [0, 0.05) is 11.1 Å². The summed E-state index contributed by atoms with van der Waals surface area (Å²) in [5.74, 6) is 2.89. The molecule has 0 aliphatic heterocycles. The second-order valence-corrected chi connectivity index (χ2v) is 2.41. The Morgan fingerprint density at radius 3 is 2.08 bits per heavy atom. The van der Waals surface area contributed by atoms with Gasteiger partial charge in [-0.1, -0.05) is 12.2 Å². The van der Waals surface area contributed by atoms with Crippen molar-refractivity contribution < 1.29 is 19.5 Å². The van der Waals surface area contributed by atoms with Crippen molar-refractivity contribution in [3.05, 3.63) is 23.3 Å². The largest absolute Gasteiger partial charge is 0.478 e. The fourth-order valence-electron chi connectivity index (χ4n) is 0.482. The smallest absolute Gasteiger partial charge is 0.352 e. The Balaban J connectivity index is 4.51. The first-order chi connectivity index (χ1) is 5.99. The summed E-state index contributed by atoms with van der Waals surface area (Å²) >= 11 is 0. The Labute approximate surface area is 75.4 Å². The summed E-state index contributed by atoms with van der Waals surface area (Å²) in [6.07, 6.45) is 2.63. The number of carbonyl (C=O) groups is 2. The normalized spacial score (nSPS) is 12.5. The predicted octanol–water partition coefficient (Wildman–Crippen LogP) is 0.381. The zero-order valence-electron chi connectivity index (χ0n) is 7.40. The third-order valence-corrected chi connectivity index (χ3v) is 1.35. The molecule has 5 heteroatoms. The van der Waals surface area contributed by atoms with Gasteiger partial charge in [-0.2, -0.15) is 5.90 Å². The van der Waals surface area contributed by atoms with Gasteiger partial charge in [0.2, 0.25) is 0 Å². The van der Waals surface area contributed by atoms with Crippen molar-refractivity contribution in [3.8, 4) is 0 Å². The van der Waals surface area contributed by atoms with Crippen LogP contribution in [0.3, 0.4) is 0 Å². The second kappa shape index (κ2) is 5.10. The first-order valence-corrected chi connectivity index (χ1v) is 3.48. The van der Waals surface area contributed by atoms with Gasteiger partial charge in [-0.15, -0.1) is 0 Å². The molecule has 0 bridgehead atoms. The maximum absolute atomic E-state index is 10.7. The number of hydrogen-bond donors (Lipinski definition) is 2. The molecule has 0 spiro atoms. The van der Waals surface area contributed by atoms with Crippen LogP contribution < -0.4 is 5.90 Å². The van der Waals surface area contributed by atoms with E-state index in [1.54, 1.807) is 0 Å².